The maximum Gasteiger partial charge on any atom is 0.243 e. The van der Waals surface area contributed by atoms with Crippen LogP contribution in [0.1, 0.15) is 6.42 Å². The van der Waals surface area contributed by atoms with Gasteiger partial charge >= 0.3 is 0 Å². The average molecular weight is 326 g/mol. The molecule has 2 amide bonds. The molecule has 5 nitrogen and oxygen atoms in total. The van der Waals surface area contributed by atoms with Gasteiger partial charge in [-0.15, -0.1) is 12.4 Å². The molecule has 0 aliphatic rings. The van der Waals surface area contributed by atoms with E-state index in [4.69, 9.17) is 0 Å². The van der Waals surface area contributed by atoms with Gasteiger partial charge in [0.1, 0.15) is 0 Å². The first-order chi connectivity index (χ1) is 9.45. The van der Waals surface area contributed by atoms with Gasteiger partial charge in [0.15, 0.2) is 17.5 Å². The van der Waals surface area contributed by atoms with Crippen molar-refractivity contribution in [2.45, 2.75) is 6.42 Å². The second-order valence-electron chi connectivity index (χ2n) is 3.90. The molecule has 9 heteroatoms. The Morgan fingerprint density at radius 2 is 1.76 bits per heavy atom. The SMILES string of the molecule is CNCCC(=O)NCC(=O)Nc1ccc(F)c(F)c1F.Cl. The fourth-order valence-electron chi connectivity index (χ4n) is 1.32. The normalized spacial score (nSPS) is 9.71. The highest BCUT2D eigenvalue weighted by molar-refractivity contribution is 5.94. The van der Waals surface area contributed by atoms with Crippen LogP contribution in [0.4, 0.5) is 18.9 Å². The monoisotopic (exact) mass is 325 g/mol. The molecule has 0 fully saturated rings. The molecule has 0 spiro atoms. The zero-order valence-electron chi connectivity index (χ0n) is 11.1. The Morgan fingerprint density at radius 1 is 1.10 bits per heavy atom. The number of anilines is 1. The second-order valence-corrected chi connectivity index (χ2v) is 3.90. The minimum absolute atomic E-state index is 0. The Balaban J connectivity index is 0.00000400. The molecule has 0 aromatic heterocycles. The van der Waals surface area contributed by atoms with Gasteiger partial charge in [0.05, 0.1) is 12.2 Å². The first kappa shape index (κ1) is 19.2. The van der Waals surface area contributed by atoms with Crippen LogP contribution < -0.4 is 16.0 Å². The van der Waals surface area contributed by atoms with E-state index >= 15 is 0 Å². The van der Waals surface area contributed by atoms with E-state index in [0.717, 1.165) is 6.07 Å². The zero-order valence-corrected chi connectivity index (χ0v) is 12.0. The topological polar surface area (TPSA) is 70.2 Å². The van der Waals surface area contributed by atoms with Gasteiger partial charge in [0, 0.05) is 13.0 Å². The van der Waals surface area contributed by atoms with E-state index in [0.29, 0.717) is 12.6 Å². The van der Waals surface area contributed by atoms with E-state index in [-0.39, 0.29) is 31.3 Å². The molecule has 0 aliphatic carbocycles. The van der Waals surface area contributed by atoms with Crippen LogP contribution in [0, 0.1) is 17.5 Å². The lowest BCUT2D eigenvalue weighted by atomic mass is 10.2. The van der Waals surface area contributed by atoms with Gasteiger partial charge in [-0.05, 0) is 19.2 Å². The van der Waals surface area contributed by atoms with Gasteiger partial charge < -0.3 is 16.0 Å². The van der Waals surface area contributed by atoms with E-state index in [9.17, 15) is 22.8 Å². The highest BCUT2D eigenvalue weighted by Gasteiger charge is 2.15. The predicted molar refractivity (Wildman–Crippen MR) is 73.7 cm³/mol. The lowest BCUT2D eigenvalue weighted by molar-refractivity contribution is -0.124. The maximum absolute atomic E-state index is 13.3. The minimum Gasteiger partial charge on any atom is -0.347 e. The molecule has 0 heterocycles. The van der Waals surface area contributed by atoms with E-state index in [1.807, 2.05) is 5.32 Å². The van der Waals surface area contributed by atoms with Crippen LogP contribution >= 0.6 is 12.4 Å². The van der Waals surface area contributed by atoms with Crippen molar-refractivity contribution < 1.29 is 22.8 Å². The fraction of sp³-hybridized carbons (Fsp3) is 0.333. The molecule has 0 aliphatic heterocycles. The Bertz CT molecular complexity index is 515. The molecule has 1 aromatic carbocycles. The van der Waals surface area contributed by atoms with E-state index in [1.54, 1.807) is 7.05 Å². The van der Waals surface area contributed by atoms with Crippen molar-refractivity contribution in [1.29, 1.82) is 0 Å². The van der Waals surface area contributed by atoms with Crippen LogP contribution in [0.15, 0.2) is 12.1 Å². The van der Waals surface area contributed by atoms with Crippen molar-refractivity contribution >= 4 is 29.9 Å². The van der Waals surface area contributed by atoms with Gasteiger partial charge in [0.25, 0.3) is 0 Å². The number of amides is 2. The first-order valence-electron chi connectivity index (χ1n) is 5.80. The number of hydrogen-bond donors (Lipinski definition) is 3. The van der Waals surface area contributed by atoms with Crippen LogP contribution in [0.3, 0.4) is 0 Å². The molecule has 0 saturated heterocycles. The molecule has 118 valence electrons. The zero-order chi connectivity index (χ0) is 15.1. The molecule has 0 unspecified atom stereocenters. The van der Waals surface area contributed by atoms with Crippen molar-refractivity contribution in [2.75, 3.05) is 25.5 Å². The highest BCUT2D eigenvalue weighted by atomic mass is 35.5. The van der Waals surface area contributed by atoms with E-state index in [2.05, 4.69) is 10.6 Å². The molecule has 0 saturated carbocycles. The third-order valence-corrected chi connectivity index (χ3v) is 2.36. The number of carbonyl (C=O) groups excluding carboxylic acids is 2. The average Bonchev–Trinajstić information content (AvgIpc) is 2.43. The van der Waals surface area contributed by atoms with Gasteiger partial charge in [-0.3, -0.25) is 9.59 Å². The number of rotatable bonds is 6. The molecule has 1 rings (SSSR count). The summed E-state index contributed by atoms with van der Waals surface area (Å²) in [5.74, 6) is -5.60. The minimum atomic E-state index is -1.67. The van der Waals surface area contributed by atoms with Crippen molar-refractivity contribution in [3.8, 4) is 0 Å². The smallest absolute Gasteiger partial charge is 0.243 e. The quantitative estimate of drug-likeness (QED) is 0.688. The lowest BCUT2D eigenvalue weighted by Gasteiger charge is -2.08. The van der Waals surface area contributed by atoms with Gasteiger partial charge in [-0.1, -0.05) is 0 Å². The lowest BCUT2D eigenvalue weighted by Crippen LogP contribution is -2.34. The van der Waals surface area contributed by atoms with Crippen LogP contribution in [-0.4, -0.2) is 32.0 Å². The fourth-order valence-corrected chi connectivity index (χ4v) is 1.32. The van der Waals surface area contributed by atoms with Crippen molar-refractivity contribution in [3.05, 3.63) is 29.6 Å². The van der Waals surface area contributed by atoms with E-state index < -0.39 is 29.0 Å². The first-order valence-corrected chi connectivity index (χ1v) is 5.80. The summed E-state index contributed by atoms with van der Waals surface area (Å²) in [6, 6.07) is 1.59. The molecular weight excluding hydrogens is 311 g/mol. The molecule has 0 atom stereocenters. The molecule has 3 N–H and O–H groups in total. The Labute approximate surface area is 125 Å². The number of benzene rings is 1. The standard InChI is InChI=1S/C12H14F3N3O2.ClH/c1-16-5-4-9(19)17-6-10(20)18-8-3-2-7(13)11(14)12(8)15;/h2-3,16H,4-6H2,1H3,(H,17,19)(H,18,20);1H. The maximum atomic E-state index is 13.3. The summed E-state index contributed by atoms with van der Waals surface area (Å²) in [5, 5.41) is 7.10. The molecule has 1 aromatic rings. The van der Waals surface area contributed by atoms with Crippen molar-refractivity contribution in [3.63, 3.8) is 0 Å². The predicted octanol–water partition coefficient (Wildman–Crippen LogP) is 1.19. The van der Waals surface area contributed by atoms with Gasteiger partial charge in [-0.25, -0.2) is 13.2 Å². The highest BCUT2D eigenvalue weighted by Crippen LogP contribution is 2.19. The summed E-state index contributed by atoms with van der Waals surface area (Å²) in [7, 11) is 1.67. The summed E-state index contributed by atoms with van der Waals surface area (Å²) in [6.07, 6.45) is 0.184. The summed E-state index contributed by atoms with van der Waals surface area (Å²) < 4.78 is 38.9. The van der Waals surface area contributed by atoms with Crippen LogP contribution in [0.25, 0.3) is 0 Å². The molecule has 0 bridgehead atoms. The van der Waals surface area contributed by atoms with Crippen LogP contribution in [-0.2, 0) is 9.59 Å². The number of halogens is 4. The third kappa shape index (κ3) is 6.01. The second kappa shape index (κ2) is 9.19. The largest absolute Gasteiger partial charge is 0.347 e. The molecular formula is C12H15ClF3N3O2. The van der Waals surface area contributed by atoms with Gasteiger partial charge in [-0.2, -0.15) is 0 Å². The van der Waals surface area contributed by atoms with Crippen LogP contribution in [0.2, 0.25) is 0 Å². The molecule has 21 heavy (non-hydrogen) atoms. The summed E-state index contributed by atoms with van der Waals surface area (Å²) in [4.78, 5) is 22.6. The number of hydrogen-bond acceptors (Lipinski definition) is 3. The number of nitrogens with one attached hydrogen (secondary N) is 3. The Kier molecular flexibility index (Phi) is 8.41. The van der Waals surface area contributed by atoms with Crippen LogP contribution in [0.5, 0.6) is 0 Å². The van der Waals surface area contributed by atoms with Crippen molar-refractivity contribution in [2.24, 2.45) is 0 Å². The number of carbonyl (C=O) groups is 2. The van der Waals surface area contributed by atoms with Crippen molar-refractivity contribution in [1.82, 2.24) is 10.6 Å². The van der Waals surface area contributed by atoms with Gasteiger partial charge in [0.2, 0.25) is 11.8 Å². The summed E-state index contributed by atoms with van der Waals surface area (Å²) in [6.45, 7) is 0.0617. The van der Waals surface area contributed by atoms with E-state index in [1.165, 1.54) is 0 Å². The Hall–Kier alpha value is -1.80. The Morgan fingerprint density at radius 3 is 2.38 bits per heavy atom. The third-order valence-electron chi connectivity index (χ3n) is 2.36. The summed E-state index contributed by atoms with van der Waals surface area (Å²) >= 11 is 0. The molecule has 0 radical (unpaired) electrons. The summed E-state index contributed by atoms with van der Waals surface area (Å²) in [5.41, 5.74) is -0.488.